The number of nitro groups is 2. The van der Waals surface area contributed by atoms with Gasteiger partial charge in [-0.15, -0.1) is 0 Å². The molecule has 0 radical (unpaired) electrons. The van der Waals surface area contributed by atoms with Gasteiger partial charge < -0.3 is 4.90 Å². The first-order valence-electron chi connectivity index (χ1n) is 10.9. The number of aryl methyl sites for hydroxylation is 1. The van der Waals surface area contributed by atoms with E-state index in [4.69, 9.17) is 23.2 Å². The number of benzene rings is 3. The number of rotatable bonds is 4. The number of nitrogens with zero attached hydrogens (tertiary/aromatic N) is 3. The van der Waals surface area contributed by atoms with Crippen LogP contribution in [-0.2, 0) is 0 Å². The Balaban J connectivity index is 0.000000286. The summed E-state index contributed by atoms with van der Waals surface area (Å²) in [5.41, 5.74) is 3.26. The van der Waals surface area contributed by atoms with Crippen LogP contribution in [0.2, 0.25) is 10.0 Å². The van der Waals surface area contributed by atoms with E-state index in [0.717, 1.165) is 30.6 Å². The molecule has 4 rings (SSSR count). The van der Waals surface area contributed by atoms with Crippen LogP contribution in [0, 0.1) is 27.2 Å². The predicted molar refractivity (Wildman–Crippen MR) is 138 cm³/mol. The maximum Gasteiger partial charge on any atom is 0.288 e. The molecule has 1 aliphatic rings. The molecule has 1 saturated heterocycles. The summed E-state index contributed by atoms with van der Waals surface area (Å²) in [6.07, 6.45) is 2.07. The van der Waals surface area contributed by atoms with E-state index in [1.165, 1.54) is 17.7 Å². The topological polar surface area (TPSA) is 89.5 Å². The van der Waals surface area contributed by atoms with Gasteiger partial charge in [0.2, 0.25) is 0 Å². The standard InChI is InChI=1S/C17H17ClN2O2.C6H4ClNO2.C2H6/c1-12-4-7-14(8-5-12)19-10-2-3-16(19)13-6-9-15(18)17(11-13)20(21)22;7-5-3-1-2-4-6(5)8(9)10;1-2/h4-9,11,16H,2-3,10H2,1H3;1-4H;1-2H3. The van der Waals surface area contributed by atoms with Gasteiger partial charge in [-0.1, -0.05) is 72.9 Å². The average Bonchev–Trinajstić information content (AvgIpc) is 3.31. The summed E-state index contributed by atoms with van der Waals surface area (Å²) in [7, 11) is 0. The van der Waals surface area contributed by atoms with E-state index in [1.54, 1.807) is 24.3 Å². The van der Waals surface area contributed by atoms with Gasteiger partial charge in [0.05, 0.1) is 15.9 Å². The van der Waals surface area contributed by atoms with E-state index < -0.39 is 9.85 Å². The van der Waals surface area contributed by atoms with Crippen molar-refractivity contribution >= 4 is 40.3 Å². The zero-order valence-electron chi connectivity index (χ0n) is 19.3. The second kappa shape index (κ2) is 12.9. The van der Waals surface area contributed by atoms with E-state index in [9.17, 15) is 20.2 Å². The maximum absolute atomic E-state index is 11.1. The van der Waals surface area contributed by atoms with Gasteiger partial charge in [0.25, 0.3) is 11.4 Å². The SMILES string of the molecule is CC.Cc1ccc(N2CCCC2c2ccc(Cl)c([N+](=O)[O-])c2)cc1.O=[N+]([O-])c1ccccc1Cl. The molecule has 0 amide bonds. The molecule has 1 fully saturated rings. The van der Waals surface area contributed by atoms with Crippen molar-refractivity contribution in [3.8, 4) is 0 Å². The molecule has 1 aliphatic heterocycles. The lowest BCUT2D eigenvalue weighted by molar-refractivity contribution is -0.384. The molecule has 180 valence electrons. The maximum atomic E-state index is 11.1. The van der Waals surface area contributed by atoms with E-state index in [-0.39, 0.29) is 27.5 Å². The molecule has 0 saturated carbocycles. The Morgan fingerprint density at radius 2 is 1.44 bits per heavy atom. The number of nitro benzene ring substituents is 2. The Labute approximate surface area is 209 Å². The third-order valence-electron chi connectivity index (χ3n) is 5.22. The van der Waals surface area contributed by atoms with Crippen molar-refractivity contribution in [2.45, 2.75) is 39.7 Å². The van der Waals surface area contributed by atoms with Gasteiger partial charge in [0.1, 0.15) is 10.0 Å². The highest BCUT2D eigenvalue weighted by molar-refractivity contribution is 6.32. The second-order valence-corrected chi connectivity index (χ2v) is 8.18. The van der Waals surface area contributed by atoms with Crippen molar-refractivity contribution in [3.05, 3.63) is 108 Å². The molecule has 1 unspecified atom stereocenters. The predicted octanol–water partition coefficient (Wildman–Crippen LogP) is 8.17. The molecule has 0 bridgehead atoms. The highest BCUT2D eigenvalue weighted by Gasteiger charge is 2.28. The van der Waals surface area contributed by atoms with Gasteiger partial charge >= 0.3 is 0 Å². The molecule has 1 heterocycles. The summed E-state index contributed by atoms with van der Waals surface area (Å²) in [6, 6.07) is 19.8. The largest absolute Gasteiger partial charge is 0.364 e. The second-order valence-electron chi connectivity index (χ2n) is 7.36. The fraction of sp³-hybridized carbons (Fsp3) is 0.280. The monoisotopic (exact) mass is 503 g/mol. The smallest absolute Gasteiger partial charge is 0.288 e. The lowest BCUT2D eigenvalue weighted by Gasteiger charge is -2.27. The van der Waals surface area contributed by atoms with E-state index in [1.807, 2.05) is 19.9 Å². The minimum Gasteiger partial charge on any atom is -0.364 e. The van der Waals surface area contributed by atoms with Crippen LogP contribution in [0.4, 0.5) is 17.1 Å². The van der Waals surface area contributed by atoms with Crippen molar-refractivity contribution in [1.29, 1.82) is 0 Å². The summed E-state index contributed by atoms with van der Waals surface area (Å²) >= 11 is 11.4. The van der Waals surface area contributed by atoms with Crippen molar-refractivity contribution < 1.29 is 9.85 Å². The van der Waals surface area contributed by atoms with Crippen molar-refractivity contribution in [2.75, 3.05) is 11.4 Å². The minimum atomic E-state index is -0.512. The summed E-state index contributed by atoms with van der Waals surface area (Å²) in [4.78, 5) is 22.6. The number of hydrogen-bond donors (Lipinski definition) is 0. The first-order chi connectivity index (χ1) is 16.3. The summed E-state index contributed by atoms with van der Waals surface area (Å²) < 4.78 is 0. The Morgan fingerprint density at radius 3 is 2.00 bits per heavy atom. The fourth-order valence-corrected chi connectivity index (χ4v) is 4.03. The first-order valence-corrected chi connectivity index (χ1v) is 11.7. The molecule has 7 nitrogen and oxygen atoms in total. The van der Waals surface area contributed by atoms with Crippen molar-refractivity contribution in [3.63, 3.8) is 0 Å². The summed E-state index contributed by atoms with van der Waals surface area (Å²) in [6.45, 7) is 7.03. The number of para-hydroxylation sites is 1. The molecule has 34 heavy (non-hydrogen) atoms. The highest BCUT2D eigenvalue weighted by Crippen LogP contribution is 2.38. The number of hydrogen-bond acceptors (Lipinski definition) is 5. The molecular formula is C25H27Cl2N3O4. The lowest BCUT2D eigenvalue weighted by Crippen LogP contribution is -2.22. The van der Waals surface area contributed by atoms with Crippen molar-refractivity contribution in [1.82, 2.24) is 0 Å². The zero-order chi connectivity index (χ0) is 25.3. The Kier molecular flexibility index (Phi) is 10.3. The zero-order valence-corrected chi connectivity index (χ0v) is 20.8. The molecule has 0 aromatic heterocycles. The van der Waals surface area contributed by atoms with Crippen LogP contribution < -0.4 is 4.90 Å². The number of halogens is 2. The Morgan fingerprint density at radius 1 is 0.853 bits per heavy atom. The van der Waals surface area contributed by atoms with Crippen LogP contribution in [-0.4, -0.2) is 16.4 Å². The third kappa shape index (κ3) is 6.92. The van der Waals surface area contributed by atoms with Gasteiger partial charge in [-0.2, -0.15) is 0 Å². The average molecular weight is 504 g/mol. The number of anilines is 1. The molecule has 9 heteroatoms. The van der Waals surface area contributed by atoms with Crippen LogP contribution >= 0.6 is 23.2 Å². The molecular weight excluding hydrogens is 477 g/mol. The van der Waals surface area contributed by atoms with Crippen LogP contribution in [0.15, 0.2) is 66.7 Å². The Hall–Kier alpha value is -3.16. The van der Waals surface area contributed by atoms with Gasteiger partial charge in [-0.05, 0) is 49.6 Å². The van der Waals surface area contributed by atoms with Crippen LogP contribution in [0.3, 0.4) is 0 Å². The minimum absolute atomic E-state index is 0.0186. The van der Waals surface area contributed by atoms with Gasteiger partial charge in [0.15, 0.2) is 0 Å². The fourth-order valence-electron chi connectivity index (χ4n) is 3.64. The Bertz CT molecular complexity index is 1120. The van der Waals surface area contributed by atoms with Crippen LogP contribution in [0.5, 0.6) is 0 Å². The molecule has 0 aliphatic carbocycles. The van der Waals surface area contributed by atoms with Crippen LogP contribution in [0.25, 0.3) is 0 Å². The highest BCUT2D eigenvalue weighted by atomic mass is 35.5. The first kappa shape index (κ1) is 27.1. The molecule has 0 N–H and O–H groups in total. The summed E-state index contributed by atoms with van der Waals surface area (Å²) in [5, 5.41) is 21.6. The van der Waals surface area contributed by atoms with E-state index in [2.05, 4.69) is 36.1 Å². The van der Waals surface area contributed by atoms with E-state index >= 15 is 0 Å². The quantitative estimate of drug-likeness (QED) is 0.264. The molecule has 3 aromatic carbocycles. The normalized spacial score (nSPS) is 14.4. The van der Waals surface area contributed by atoms with Crippen molar-refractivity contribution in [2.24, 2.45) is 0 Å². The van der Waals surface area contributed by atoms with Gasteiger partial charge in [0, 0.05) is 24.4 Å². The molecule has 1 atom stereocenters. The van der Waals surface area contributed by atoms with Crippen LogP contribution in [0.1, 0.15) is 43.9 Å². The van der Waals surface area contributed by atoms with Gasteiger partial charge in [-0.3, -0.25) is 20.2 Å². The lowest BCUT2D eigenvalue weighted by atomic mass is 10.0. The summed E-state index contributed by atoms with van der Waals surface area (Å²) in [5.74, 6) is 0. The van der Waals surface area contributed by atoms with E-state index in [0.29, 0.717) is 0 Å². The van der Waals surface area contributed by atoms with Gasteiger partial charge in [-0.25, -0.2) is 0 Å². The molecule has 3 aromatic rings. The third-order valence-corrected chi connectivity index (χ3v) is 5.86. The molecule has 0 spiro atoms.